The van der Waals surface area contributed by atoms with Crippen LogP contribution in [0.25, 0.3) is 0 Å². The molecule has 0 radical (unpaired) electrons. The maximum absolute atomic E-state index is 12.0. The van der Waals surface area contributed by atoms with Gasteiger partial charge in [0.05, 0.1) is 4.92 Å². The van der Waals surface area contributed by atoms with Crippen molar-refractivity contribution >= 4 is 33.2 Å². The highest BCUT2D eigenvalue weighted by Crippen LogP contribution is 2.19. The van der Waals surface area contributed by atoms with Crippen molar-refractivity contribution in [1.82, 2.24) is 0 Å². The first kappa shape index (κ1) is 14.2. The second-order valence-corrected chi connectivity index (χ2v) is 5.08. The summed E-state index contributed by atoms with van der Waals surface area (Å²) in [4.78, 5) is 22.1. The lowest BCUT2D eigenvalue weighted by Crippen LogP contribution is -2.11. The van der Waals surface area contributed by atoms with Crippen LogP contribution in [0.3, 0.4) is 0 Å². The van der Waals surface area contributed by atoms with E-state index < -0.39 is 4.92 Å². The van der Waals surface area contributed by atoms with E-state index in [2.05, 4.69) is 21.2 Å². The van der Waals surface area contributed by atoms with Crippen LogP contribution in [0.15, 0.2) is 46.9 Å². The largest absolute Gasteiger partial charge is 0.322 e. The van der Waals surface area contributed by atoms with Crippen molar-refractivity contribution < 1.29 is 9.72 Å². The van der Waals surface area contributed by atoms with E-state index >= 15 is 0 Å². The summed E-state index contributed by atoms with van der Waals surface area (Å²) in [6.07, 6.45) is 0. The molecule has 0 aliphatic heterocycles. The monoisotopic (exact) mass is 334 g/mol. The molecule has 0 unspecified atom stereocenters. The standard InChI is InChI=1S/C14H11BrN2O3/c1-9-2-3-10(8-13(9)15)14(18)16-11-4-6-12(7-5-11)17(19)20/h2-8H,1H3,(H,16,18). The average Bonchev–Trinajstić information content (AvgIpc) is 2.42. The fourth-order valence-corrected chi connectivity index (χ4v) is 1.98. The number of aryl methyl sites for hydroxylation is 1. The van der Waals surface area contributed by atoms with Crippen molar-refractivity contribution in [2.45, 2.75) is 6.92 Å². The number of halogens is 1. The summed E-state index contributed by atoms with van der Waals surface area (Å²) in [6.45, 7) is 1.93. The van der Waals surface area contributed by atoms with Crippen LogP contribution >= 0.6 is 15.9 Å². The fraction of sp³-hybridized carbons (Fsp3) is 0.0714. The highest BCUT2D eigenvalue weighted by molar-refractivity contribution is 9.10. The van der Waals surface area contributed by atoms with Gasteiger partial charge in [-0.05, 0) is 36.8 Å². The molecule has 0 aliphatic rings. The molecular formula is C14H11BrN2O3. The van der Waals surface area contributed by atoms with Crippen LogP contribution in [-0.4, -0.2) is 10.8 Å². The fourth-order valence-electron chi connectivity index (χ4n) is 1.60. The number of non-ortho nitro benzene ring substituents is 1. The van der Waals surface area contributed by atoms with Crippen LogP contribution in [0.4, 0.5) is 11.4 Å². The predicted molar refractivity (Wildman–Crippen MR) is 79.9 cm³/mol. The van der Waals surface area contributed by atoms with Crippen molar-refractivity contribution in [3.8, 4) is 0 Å². The first-order valence-corrected chi connectivity index (χ1v) is 6.58. The molecule has 2 aromatic rings. The zero-order valence-electron chi connectivity index (χ0n) is 10.6. The van der Waals surface area contributed by atoms with E-state index in [1.807, 2.05) is 13.0 Å². The Bertz CT molecular complexity index is 669. The third-order valence-corrected chi connectivity index (χ3v) is 3.62. The van der Waals surface area contributed by atoms with E-state index in [9.17, 15) is 14.9 Å². The maximum Gasteiger partial charge on any atom is 0.269 e. The Kier molecular flexibility index (Phi) is 4.14. The van der Waals surface area contributed by atoms with Crippen LogP contribution in [0, 0.1) is 17.0 Å². The quantitative estimate of drug-likeness (QED) is 0.683. The van der Waals surface area contributed by atoms with Gasteiger partial charge < -0.3 is 5.32 Å². The van der Waals surface area contributed by atoms with Crippen LogP contribution in [0.1, 0.15) is 15.9 Å². The van der Waals surface area contributed by atoms with Crippen molar-refractivity contribution in [2.75, 3.05) is 5.32 Å². The van der Waals surface area contributed by atoms with Gasteiger partial charge in [0, 0.05) is 27.9 Å². The molecule has 0 aromatic heterocycles. The molecule has 2 aromatic carbocycles. The second-order valence-electron chi connectivity index (χ2n) is 4.22. The van der Waals surface area contributed by atoms with Crippen LogP contribution in [0.2, 0.25) is 0 Å². The van der Waals surface area contributed by atoms with Crippen molar-refractivity contribution in [2.24, 2.45) is 0 Å². The zero-order valence-corrected chi connectivity index (χ0v) is 12.2. The Hall–Kier alpha value is -2.21. The van der Waals surface area contributed by atoms with Crippen molar-refractivity contribution in [1.29, 1.82) is 0 Å². The Labute approximate surface area is 123 Å². The topological polar surface area (TPSA) is 72.2 Å². The van der Waals surface area contributed by atoms with Gasteiger partial charge >= 0.3 is 0 Å². The van der Waals surface area contributed by atoms with Crippen molar-refractivity contribution in [3.05, 3.63) is 68.2 Å². The molecule has 0 saturated carbocycles. The van der Waals surface area contributed by atoms with Crippen LogP contribution in [-0.2, 0) is 0 Å². The first-order chi connectivity index (χ1) is 9.47. The van der Waals surface area contributed by atoms with E-state index in [0.717, 1.165) is 10.0 Å². The molecule has 0 saturated heterocycles. The van der Waals surface area contributed by atoms with E-state index in [1.54, 1.807) is 12.1 Å². The number of carbonyl (C=O) groups is 1. The van der Waals surface area contributed by atoms with Crippen molar-refractivity contribution in [3.63, 3.8) is 0 Å². The second kappa shape index (κ2) is 5.83. The Morgan fingerprint density at radius 1 is 1.20 bits per heavy atom. The van der Waals surface area contributed by atoms with Gasteiger partial charge in [0.15, 0.2) is 0 Å². The molecule has 1 amide bonds. The minimum absolute atomic E-state index is 0.0129. The van der Waals surface area contributed by atoms with Gasteiger partial charge in [-0.15, -0.1) is 0 Å². The number of nitrogens with one attached hydrogen (secondary N) is 1. The third kappa shape index (κ3) is 3.21. The number of benzene rings is 2. The number of rotatable bonds is 3. The number of carbonyl (C=O) groups excluding carboxylic acids is 1. The van der Waals surface area contributed by atoms with Gasteiger partial charge in [-0.2, -0.15) is 0 Å². The maximum atomic E-state index is 12.0. The zero-order chi connectivity index (χ0) is 14.7. The van der Waals surface area contributed by atoms with Gasteiger partial charge in [0.25, 0.3) is 11.6 Å². The van der Waals surface area contributed by atoms with Gasteiger partial charge in [-0.3, -0.25) is 14.9 Å². The minimum atomic E-state index is -0.483. The lowest BCUT2D eigenvalue weighted by Gasteiger charge is -2.06. The normalized spacial score (nSPS) is 10.1. The van der Waals surface area contributed by atoms with Crippen LogP contribution in [0.5, 0.6) is 0 Å². The molecule has 0 heterocycles. The van der Waals surface area contributed by atoms with E-state index in [1.165, 1.54) is 24.3 Å². The molecule has 5 nitrogen and oxygen atoms in total. The van der Waals surface area contributed by atoms with Gasteiger partial charge in [0.1, 0.15) is 0 Å². The van der Waals surface area contributed by atoms with Gasteiger partial charge in [0.2, 0.25) is 0 Å². The molecule has 0 spiro atoms. The number of hydrogen-bond acceptors (Lipinski definition) is 3. The summed E-state index contributed by atoms with van der Waals surface area (Å²) in [5.41, 5.74) is 2.05. The number of hydrogen-bond donors (Lipinski definition) is 1. The molecule has 0 fully saturated rings. The highest BCUT2D eigenvalue weighted by Gasteiger charge is 2.09. The smallest absolute Gasteiger partial charge is 0.269 e. The third-order valence-electron chi connectivity index (χ3n) is 2.77. The number of nitro benzene ring substituents is 1. The van der Waals surface area contributed by atoms with E-state index in [4.69, 9.17) is 0 Å². The summed E-state index contributed by atoms with van der Waals surface area (Å²) >= 11 is 3.37. The first-order valence-electron chi connectivity index (χ1n) is 5.79. The van der Waals surface area contributed by atoms with Crippen LogP contribution < -0.4 is 5.32 Å². The summed E-state index contributed by atoms with van der Waals surface area (Å²) in [7, 11) is 0. The number of nitrogens with zero attached hydrogens (tertiary/aromatic N) is 1. The Morgan fingerprint density at radius 3 is 2.40 bits per heavy atom. The average molecular weight is 335 g/mol. The summed E-state index contributed by atoms with van der Waals surface area (Å²) < 4.78 is 0.855. The minimum Gasteiger partial charge on any atom is -0.322 e. The van der Waals surface area contributed by atoms with Gasteiger partial charge in [-0.25, -0.2) is 0 Å². The Morgan fingerprint density at radius 2 is 1.85 bits per heavy atom. The molecule has 0 aliphatic carbocycles. The lowest BCUT2D eigenvalue weighted by atomic mass is 10.1. The number of nitro groups is 1. The molecule has 102 valence electrons. The van der Waals surface area contributed by atoms with Gasteiger partial charge in [-0.1, -0.05) is 22.0 Å². The summed E-state index contributed by atoms with van der Waals surface area (Å²) in [5.74, 6) is -0.264. The molecule has 0 bridgehead atoms. The molecule has 2 rings (SSSR count). The highest BCUT2D eigenvalue weighted by atomic mass is 79.9. The lowest BCUT2D eigenvalue weighted by molar-refractivity contribution is -0.384. The molecular weight excluding hydrogens is 324 g/mol. The SMILES string of the molecule is Cc1ccc(C(=O)Nc2ccc([N+](=O)[O-])cc2)cc1Br. The molecule has 0 atom stereocenters. The molecule has 1 N–H and O–H groups in total. The molecule has 6 heteroatoms. The number of anilines is 1. The molecule has 20 heavy (non-hydrogen) atoms. The predicted octanol–water partition coefficient (Wildman–Crippen LogP) is 3.92. The summed E-state index contributed by atoms with van der Waals surface area (Å²) in [6, 6.07) is 11.0. The van der Waals surface area contributed by atoms with E-state index in [-0.39, 0.29) is 11.6 Å². The van der Waals surface area contributed by atoms with E-state index in [0.29, 0.717) is 11.3 Å². The number of amides is 1. The summed E-state index contributed by atoms with van der Waals surface area (Å²) in [5, 5.41) is 13.2. The Balaban J connectivity index is 2.14.